The van der Waals surface area contributed by atoms with Crippen LogP contribution in [-0.4, -0.2) is 29.7 Å². The van der Waals surface area contributed by atoms with Crippen molar-refractivity contribution in [2.75, 3.05) is 19.6 Å². The van der Waals surface area contributed by atoms with Crippen molar-refractivity contribution >= 4 is 0 Å². The smallest absolute Gasteiger partial charge is 0.151 e. The van der Waals surface area contributed by atoms with E-state index in [1.807, 2.05) is 0 Å². The van der Waals surface area contributed by atoms with E-state index in [0.717, 1.165) is 31.1 Å². The van der Waals surface area contributed by atoms with Gasteiger partial charge in [0, 0.05) is 12.6 Å². The fourth-order valence-corrected chi connectivity index (χ4v) is 2.28. The van der Waals surface area contributed by atoms with Crippen LogP contribution in [0.25, 0.3) is 0 Å². The second-order valence-electron chi connectivity index (χ2n) is 4.76. The summed E-state index contributed by atoms with van der Waals surface area (Å²) in [4.78, 5) is 2.48. The summed E-state index contributed by atoms with van der Waals surface area (Å²) < 4.78 is 5.37. The van der Waals surface area contributed by atoms with E-state index < -0.39 is 0 Å². The zero-order valence-electron chi connectivity index (χ0n) is 10.7. The van der Waals surface area contributed by atoms with E-state index >= 15 is 0 Å². The highest BCUT2D eigenvalue weighted by Gasteiger charge is 2.12. The third kappa shape index (κ3) is 4.13. The van der Waals surface area contributed by atoms with E-state index in [1.54, 1.807) is 0 Å². The normalized spacial score (nSPS) is 18.2. The van der Waals surface area contributed by atoms with Gasteiger partial charge in [-0.05, 0) is 32.5 Å². The van der Waals surface area contributed by atoms with Gasteiger partial charge in [-0.25, -0.2) is 0 Å². The molecule has 96 valence electrons. The van der Waals surface area contributed by atoms with E-state index in [2.05, 4.69) is 28.4 Å². The van der Waals surface area contributed by atoms with Gasteiger partial charge < -0.3 is 9.84 Å². The Morgan fingerprint density at radius 3 is 2.76 bits per heavy atom. The molecule has 17 heavy (non-hydrogen) atoms. The minimum Gasteiger partial charge on any atom is -0.360 e. The van der Waals surface area contributed by atoms with Crippen LogP contribution in [-0.2, 0) is 13.1 Å². The summed E-state index contributed by atoms with van der Waals surface area (Å²) in [5, 5.41) is 7.33. The van der Waals surface area contributed by atoms with Crippen LogP contribution >= 0.6 is 0 Å². The van der Waals surface area contributed by atoms with Crippen LogP contribution < -0.4 is 5.32 Å². The summed E-state index contributed by atoms with van der Waals surface area (Å²) in [6.45, 7) is 7.18. The second kappa shape index (κ2) is 6.77. The molecule has 2 rings (SSSR count). The third-order valence-electron chi connectivity index (χ3n) is 3.24. The Morgan fingerprint density at radius 2 is 2.06 bits per heavy atom. The minimum atomic E-state index is 0.806. The summed E-state index contributed by atoms with van der Waals surface area (Å²) >= 11 is 0. The highest BCUT2D eigenvalue weighted by atomic mass is 16.5. The number of hydrogen-bond donors (Lipinski definition) is 1. The van der Waals surface area contributed by atoms with Gasteiger partial charge in [0.05, 0.1) is 12.2 Å². The van der Waals surface area contributed by atoms with Gasteiger partial charge in [0.25, 0.3) is 0 Å². The van der Waals surface area contributed by atoms with Crippen LogP contribution in [0.4, 0.5) is 0 Å². The maximum Gasteiger partial charge on any atom is 0.151 e. The highest BCUT2D eigenvalue weighted by molar-refractivity contribution is 5.05. The Bertz CT molecular complexity index is 316. The van der Waals surface area contributed by atoms with E-state index in [9.17, 15) is 0 Å². The number of likely N-dealkylation sites (tertiary alicyclic amines) is 1. The van der Waals surface area contributed by atoms with Crippen molar-refractivity contribution in [2.45, 2.75) is 45.7 Å². The second-order valence-corrected chi connectivity index (χ2v) is 4.76. The molecule has 0 saturated carbocycles. The van der Waals surface area contributed by atoms with Gasteiger partial charge in [0.2, 0.25) is 0 Å². The van der Waals surface area contributed by atoms with Gasteiger partial charge in [-0.2, -0.15) is 0 Å². The summed E-state index contributed by atoms with van der Waals surface area (Å²) in [6, 6.07) is 2.08. The minimum absolute atomic E-state index is 0.806. The van der Waals surface area contributed by atoms with Crippen molar-refractivity contribution in [3.05, 3.63) is 17.5 Å². The van der Waals surface area contributed by atoms with Crippen LogP contribution in [0.2, 0.25) is 0 Å². The standard InChI is InChI=1S/C13H23N3O/c1-2-14-10-12-9-13(17-15-12)11-16-7-5-3-4-6-8-16/h9,14H,2-8,10-11H2,1H3. The molecule has 0 radical (unpaired) electrons. The maximum atomic E-state index is 5.37. The van der Waals surface area contributed by atoms with Gasteiger partial charge >= 0.3 is 0 Å². The Balaban J connectivity index is 1.82. The summed E-state index contributed by atoms with van der Waals surface area (Å²) in [7, 11) is 0. The lowest BCUT2D eigenvalue weighted by molar-refractivity contribution is 0.238. The van der Waals surface area contributed by atoms with Crippen LogP contribution in [0.5, 0.6) is 0 Å². The molecule has 0 aromatic carbocycles. The van der Waals surface area contributed by atoms with E-state index in [-0.39, 0.29) is 0 Å². The third-order valence-corrected chi connectivity index (χ3v) is 3.24. The molecule has 1 aliphatic rings. The summed E-state index contributed by atoms with van der Waals surface area (Å²) in [5.74, 6) is 1.000. The van der Waals surface area contributed by atoms with Gasteiger partial charge in [-0.3, -0.25) is 4.90 Å². The number of nitrogens with one attached hydrogen (secondary N) is 1. The van der Waals surface area contributed by atoms with Crippen molar-refractivity contribution in [1.82, 2.24) is 15.4 Å². The van der Waals surface area contributed by atoms with Crippen molar-refractivity contribution in [3.63, 3.8) is 0 Å². The quantitative estimate of drug-likeness (QED) is 0.852. The summed E-state index contributed by atoms with van der Waals surface area (Å²) in [5.41, 5.74) is 1.01. The molecule has 1 aromatic rings. The monoisotopic (exact) mass is 237 g/mol. The van der Waals surface area contributed by atoms with Crippen LogP contribution in [0.1, 0.15) is 44.1 Å². The maximum absolute atomic E-state index is 5.37. The first-order valence-electron chi connectivity index (χ1n) is 6.76. The molecule has 4 heteroatoms. The molecule has 4 nitrogen and oxygen atoms in total. The lowest BCUT2D eigenvalue weighted by Gasteiger charge is -2.17. The Morgan fingerprint density at radius 1 is 1.29 bits per heavy atom. The highest BCUT2D eigenvalue weighted by Crippen LogP contribution is 2.13. The van der Waals surface area contributed by atoms with Crippen molar-refractivity contribution in [2.24, 2.45) is 0 Å². The van der Waals surface area contributed by atoms with Gasteiger partial charge in [0.15, 0.2) is 5.76 Å². The fourth-order valence-electron chi connectivity index (χ4n) is 2.28. The summed E-state index contributed by atoms with van der Waals surface area (Å²) in [6.07, 6.45) is 5.38. The first kappa shape index (κ1) is 12.6. The number of nitrogens with zero attached hydrogens (tertiary/aromatic N) is 2. The molecule has 0 atom stereocenters. The molecule has 1 fully saturated rings. The molecule has 0 aliphatic carbocycles. The molecule has 0 amide bonds. The van der Waals surface area contributed by atoms with Crippen LogP contribution in [0, 0.1) is 0 Å². The molecule has 1 aliphatic heterocycles. The first-order valence-corrected chi connectivity index (χ1v) is 6.76. The molecule has 2 heterocycles. The molecular weight excluding hydrogens is 214 g/mol. The largest absolute Gasteiger partial charge is 0.360 e. The fraction of sp³-hybridized carbons (Fsp3) is 0.769. The van der Waals surface area contributed by atoms with Crippen molar-refractivity contribution < 1.29 is 4.52 Å². The molecule has 0 spiro atoms. The molecule has 0 unspecified atom stereocenters. The number of rotatable bonds is 5. The number of aromatic nitrogens is 1. The van der Waals surface area contributed by atoms with Crippen LogP contribution in [0.15, 0.2) is 10.6 Å². The lowest BCUT2D eigenvalue weighted by Crippen LogP contribution is -2.23. The predicted octanol–water partition coefficient (Wildman–Crippen LogP) is 2.16. The van der Waals surface area contributed by atoms with Crippen LogP contribution in [0.3, 0.4) is 0 Å². The Labute approximate surface area is 103 Å². The zero-order chi connectivity index (χ0) is 11.9. The first-order chi connectivity index (χ1) is 8.38. The SMILES string of the molecule is CCNCc1cc(CN2CCCCCC2)on1. The number of hydrogen-bond acceptors (Lipinski definition) is 4. The van der Waals surface area contributed by atoms with Gasteiger partial charge in [-0.15, -0.1) is 0 Å². The molecule has 0 bridgehead atoms. The predicted molar refractivity (Wildman–Crippen MR) is 67.6 cm³/mol. The van der Waals surface area contributed by atoms with Gasteiger partial charge in [-0.1, -0.05) is 24.9 Å². The average Bonchev–Trinajstić information content (AvgIpc) is 2.61. The topological polar surface area (TPSA) is 41.3 Å². The molecular formula is C13H23N3O. The Kier molecular flexibility index (Phi) is 5.01. The molecule has 1 aromatic heterocycles. The molecule has 1 saturated heterocycles. The average molecular weight is 237 g/mol. The lowest BCUT2D eigenvalue weighted by atomic mass is 10.2. The van der Waals surface area contributed by atoms with Gasteiger partial charge in [0.1, 0.15) is 0 Å². The Hall–Kier alpha value is -0.870. The van der Waals surface area contributed by atoms with Crippen molar-refractivity contribution in [1.29, 1.82) is 0 Å². The van der Waals surface area contributed by atoms with E-state index in [4.69, 9.17) is 4.52 Å². The zero-order valence-corrected chi connectivity index (χ0v) is 10.7. The van der Waals surface area contributed by atoms with E-state index in [0.29, 0.717) is 0 Å². The molecule has 1 N–H and O–H groups in total. The van der Waals surface area contributed by atoms with Crippen molar-refractivity contribution in [3.8, 4) is 0 Å². The van der Waals surface area contributed by atoms with E-state index in [1.165, 1.54) is 38.8 Å².